The number of nitrogens with zero attached hydrogens (tertiary/aromatic N) is 3. The molecule has 2 heterocycles. The van der Waals surface area contributed by atoms with Gasteiger partial charge in [-0.3, -0.25) is 9.89 Å². The minimum atomic E-state index is -0.173. The lowest BCUT2D eigenvalue weighted by molar-refractivity contribution is 0.102. The summed E-state index contributed by atoms with van der Waals surface area (Å²) >= 11 is 0. The molecule has 6 nitrogen and oxygen atoms in total. The lowest BCUT2D eigenvalue weighted by atomic mass is 10.2. The number of aromatic amines is 1. The van der Waals surface area contributed by atoms with Crippen molar-refractivity contribution in [2.45, 2.75) is 0 Å². The molecule has 2 aromatic heterocycles. The molecule has 0 fully saturated rings. The summed E-state index contributed by atoms with van der Waals surface area (Å²) in [6.45, 7) is 0. The number of benzene rings is 1. The molecule has 2 N–H and O–H groups in total. The number of carbonyl (C=O) groups excluding carboxylic acids is 1. The smallest absolute Gasteiger partial charge is 0.255 e. The average molecular weight is 253 g/mol. The molecule has 94 valence electrons. The van der Waals surface area contributed by atoms with Crippen molar-refractivity contribution in [2.24, 2.45) is 0 Å². The molecule has 0 radical (unpaired) electrons. The molecule has 0 aliphatic heterocycles. The minimum Gasteiger partial charge on any atom is -0.319 e. The van der Waals surface area contributed by atoms with Gasteiger partial charge in [0.25, 0.3) is 5.91 Å². The van der Waals surface area contributed by atoms with Crippen LogP contribution in [0.1, 0.15) is 10.4 Å². The van der Waals surface area contributed by atoms with Gasteiger partial charge in [0.05, 0.1) is 17.6 Å². The molecule has 6 heteroatoms. The molecule has 1 aromatic carbocycles. The summed E-state index contributed by atoms with van der Waals surface area (Å²) in [7, 11) is 0. The molecule has 0 saturated heterocycles. The maximum Gasteiger partial charge on any atom is 0.255 e. The van der Waals surface area contributed by atoms with Gasteiger partial charge in [0.2, 0.25) is 0 Å². The van der Waals surface area contributed by atoms with E-state index in [4.69, 9.17) is 0 Å². The molecule has 0 aliphatic rings. The van der Waals surface area contributed by atoms with Crippen LogP contribution < -0.4 is 5.32 Å². The number of amides is 1. The van der Waals surface area contributed by atoms with Crippen LogP contribution in [0.3, 0.4) is 0 Å². The first-order valence-corrected chi connectivity index (χ1v) is 5.73. The topological polar surface area (TPSA) is 75.6 Å². The first kappa shape index (κ1) is 11.2. The number of nitrogens with one attached hydrogen (secondary N) is 2. The van der Waals surface area contributed by atoms with Crippen LogP contribution in [0.4, 0.5) is 5.69 Å². The predicted molar refractivity (Wildman–Crippen MR) is 70.1 cm³/mol. The van der Waals surface area contributed by atoms with Gasteiger partial charge in [-0.25, -0.2) is 4.68 Å². The lowest BCUT2D eigenvalue weighted by Crippen LogP contribution is -2.11. The maximum absolute atomic E-state index is 11.9. The van der Waals surface area contributed by atoms with Gasteiger partial charge in [0.1, 0.15) is 0 Å². The second-order valence-electron chi connectivity index (χ2n) is 3.94. The maximum atomic E-state index is 11.9. The van der Waals surface area contributed by atoms with Gasteiger partial charge in [-0.1, -0.05) is 0 Å². The van der Waals surface area contributed by atoms with Gasteiger partial charge in [-0.2, -0.15) is 10.2 Å². The molecule has 0 atom stereocenters. The Kier molecular flexibility index (Phi) is 2.82. The van der Waals surface area contributed by atoms with Crippen LogP contribution in [0.2, 0.25) is 0 Å². The van der Waals surface area contributed by atoms with Gasteiger partial charge in [0.15, 0.2) is 0 Å². The monoisotopic (exact) mass is 253 g/mol. The third-order valence-electron chi connectivity index (χ3n) is 2.65. The van der Waals surface area contributed by atoms with Gasteiger partial charge in [-0.15, -0.1) is 0 Å². The van der Waals surface area contributed by atoms with Crippen molar-refractivity contribution in [3.8, 4) is 5.69 Å². The van der Waals surface area contributed by atoms with Gasteiger partial charge < -0.3 is 5.32 Å². The minimum absolute atomic E-state index is 0.173. The second kappa shape index (κ2) is 4.77. The van der Waals surface area contributed by atoms with E-state index in [1.54, 1.807) is 35.4 Å². The fourth-order valence-electron chi connectivity index (χ4n) is 1.71. The number of aromatic nitrogens is 4. The Morgan fingerprint density at radius 1 is 1.26 bits per heavy atom. The van der Waals surface area contributed by atoms with Crippen LogP contribution in [0, 0.1) is 0 Å². The standard InChI is InChI=1S/C13H11N5O/c19-13(17-11-8-14-15-9-11)10-2-4-12(5-3-10)18-7-1-6-16-18/h1-9H,(H,14,15)(H,17,19). The highest BCUT2D eigenvalue weighted by atomic mass is 16.1. The fourth-order valence-corrected chi connectivity index (χ4v) is 1.71. The number of hydrogen-bond acceptors (Lipinski definition) is 3. The number of carbonyl (C=O) groups is 1. The van der Waals surface area contributed by atoms with Crippen molar-refractivity contribution in [1.29, 1.82) is 0 Å². The van der Waals surface area contributed by atoms with Crippen molar-refractivity contribution in [3.05, 3.63) is 60.7 Å². The van der Waals surface area contributed by atoms with E-state index in [-0.39, 0.29) is 5.91 Å². The third-order valence-corrected chi connectivity index (χ3v) is 2.65. The molecule has 0 bridgehead atoms. The third kappa shape index (κ3) is 2.37. The number of anilines is 1. The van der Waals surface area contributed by atoms with Crippen molar-refractivity contribution in [3.63, 3.8) is 0 Å². The van der Waals surface area contributed by atoms with E-state index in [1.165, 1.54) is 0 Å². The van der Waals surface area contributed by atoms with Crippen molar-refractivity contribution in [1.82, 2.24) is 20.0 Å². The first-order chi connectivity index (χ1) is 9.33. The lowest BCUT2D eigenvalue weighted by Gasteiger charge is -2.04. The van der Waals surface area contributed by atoms with Crippen LogP contribution in [0.15, 0.2) is 55.1 Å². The molecular weight excluding hydrogens is 242 g/mol. The molecule has 0 aliphatic carbocycles. The summed E-state index contributed by atoms with van der Waals surface area (Å²) < 4.78 is 1.73. The zero-order chi connectivity index (χ0) is 13.1. The average Bonchev–Trinajstić information content (AvgIpc) is 3.12. The molecule has 19 heavy (non-hydrogen) atoms. The van der Waals surface area contributed by atoms with Crippen molar-refractivity contribution in [2.75, 3.05) is 5.32 Å². The molecule has 0 unspecified atom stereocenters. The number of rotatable bonds is 3. The Morgan fingerprint density at radius 3 is 2.74 bits per heavy atom. The summed E-state index contributed by atoms with van der Waals surface area (Å²) in [5.41, 5.74) is 2.13. The Hall–Kier alpha value is -2.89. The molecular formula is C13H11N5O. The van der Waals surface area contributed by atoms with Crippen molar-refractivity contribution >= 4 is 11.6 Å². The van der Waals surface area contributed by atoms with Gasteiger partial charge in [0, 0.05) is 24.2 Å². The molecule has 3 aromatic rings. The highest BCUT2D eigenvalue weighted by Gasteiger charge is 2.06. The van der Waals surface area contributed by atoms with Crippen LogP contribution >= 0.6 is 0 Å². The van der Waals surface area contributed by atoms with E-state index < -0.39 is 0 Å². The largest absolute Gasteiger partial charge is 0.319 e. The number of H-pyrrole nitrogens is 1. The first-order valence-electron chi connectivity index (χ1n) is 5.73. The summed E-state index contributed by atoms with van der Waals surface area (Å²) in [6, 6.07) is 9.05. The zero-order valence-corrected chi connectivity index (χ0v) is 9.95. The normalized spacial score (nSPS) is 10.3. The van der Waals surface area contributed by atoms with Crippen molar-refractivity contribution < 1.29 is 4.79 Å². The molecule has 0 spiro atoms. The second-order valence-corrected chi connectivity index (χ2v) is 3.94. The molecule has 0 saturated carbocycles. The van der Waals surface area contributed by atoms with E-state index in [2.05, 4.69) is 20.6 Å². The Bertz CT molecular complexity index is 656. The van der Waals surface area contributed by atoms with Crippen LogP contribution in [-0.2, 0) is 0 Å². The fraction of sp³-hybridized carbons (Fsp3) is 0. The van der Waals surface area contributed by atoms with E-state index in [1.807, 2.05) is 24.4 Å². The van der Waals surface area contributed by atoms with Gasteiger partial charge in [-0.05, 0) is 30.3 Å². The summed E-state index contributed by atoms with van der Waals surface area (Å²) in [5.74, 6) is -0.173. The van der Waals surface area contributed by atoms with Crippen LogP contribution in [0.25, 0.3) is 5.69 Å². The highest BCUT2D eigenvalue weighted by Crippen LogP contribution is 2.10. The molecule has 1 amide bonds. The van der Waals surface area contributed by atoms with E-state index in [9.17, 15) is 4.79 Å². The highest BCUT2D eigenvalue weighted by molar-refractivity contribution is 6.04. The predicted octanol–water partition coefficient (Wildman–Crippen LogP) is 1.85. The van der Waals surface area contributed by atoms with Crippen LogP contribution in [-0.4, -0.2) is 25.9 Å². The zero-order valence-electron chi connectivity index (χ0n) is 9.95. The van der Waals surface area contributed by atoms with E-state index in [0.717, 1.165) is 5.69 Å². The quantitative estimate of drug-likeness (QED) is 0.748. The van der Waals surface area contributed by atoms with E-state index in [0.29, 0.717) is 11.3 Å². The van der Waals surface area contributed by atoms with Crippen LogP contribution in [0.5, 0.6) is 0 Å². The SMILES string of the molecule is O=C(Nc1cn[nH]c1)c1ccc(-n2cccn2)cc1. The Morgan fingerprint density at radius 2 is 2.11 bits per heavy atom. The van der Waals surface area contributed by atoms with E-state index >= 15 is 0 Å². The summed E-state index contributed by atoms with van der Waals surface area (Å²) in [4.78, 5) is 11.9. The number of hydrogen-bond donors (Lipinski definition) is 2. The Balaban J connectivity index is 1.77. The molecule has 3 rings (SSSR count). The summed E-state index contributed by atoms with van der Waals surface area (Å²) in [5, 5.41) is 13.3. The summed E-state index contributed by atoms with van der Waals surface area (Å²) in [6.07, 6.45) is 6.73. The Labute approximate surface area is 109 Å². The van der Waals surface area contributed by atoms with Gasteiger partial charge >= 0.3 is 0 Å².